The van der Waals surface area contributed by atoms with Gasteiger partial charge in [0.2, 0.25) is 0 Å². The predicted molar refractivity (Wildman–Crippen MR) is 137 cm³/mol. The molecular formula is C30H22OS. The molecule has 0 aromatic heterocycles. The zero-order valence-corrected chi connectivity index (χ0v) is 18.9. The van der Waals surface area contributed by atoms with Gasteiger partial charge in [0.05, 0.1) is 0 Å². The number of aryl methyl sites for hydroxylation is 2. The lowest BCUT2D eigenvalue weighted by atomic mass is 10.00. The van der Waals surface area contributed by atoms with Crippen LogP contribution in [-0.2, 0) is 11.2 Å². The van der Waals surface area contributed by atoms with Gasteiger partial charge in [-0.15, -0.1) is 0 Å². The molecule has 0 fully saturated rings. The van der Waals surface area contributed by atoms with E-state index >= 15 is 0 Å². The maximum absolute atomic E-state index is 14.7. The lowest BCUT2D eigenvalue weighted by molar-refractivity contribution is 0.598. The number of hydrogen-bond acceptors (Lipinski definition) is 1. The monoisotopic (exact) mass is 430 g/mol. The molecule has 0 saturated heterocycles. The minimum absolute atomic E-state index is 0.914. The number of fused-ring (bicyclic) bond motifs is 4. The third-order valence-electron chi connectivity index (χ3n) is 6.47. The third-order valence-corrected chi connectivity index (χ3v) is 8.06. The minimum atomic E-state index is -1.37. The van der Waals surface area contributed by atoms with Gasteiger partial charge in [0.15, 0.2) is 9.79 Å². The molecule has 6 aromatic carbocycles. The van der Waals surface area contributed by atoms with Crippen molar-refractivity contribution in [3.63, 3.8) is 0 Å². The first-order chi connectivity index (χ1) is 15.6. The molecule has 32 heavy (non-hydrogen) atoms. The molecule has 0 atom stereocenters. The maximum atomic E-state index is 14.7. The molecule has 0 saturated carbocycles. The molecule has 2 heteroatoms. The van der Waals surface area contributed by atoms with E-state index in [-0.39, 0.29) is 0 Å². The Kier molecular flexibility index (Phi) is 4.46. The normalized spacial score (nSPS) is 11.9. The zero-order chi connectivity index (χ0) is 21.8. The van der Waals surface area contributed by atoms with E-state index in [0.29, 0.717) is 0 Å². The van der Waals surface area contributed by atoms with E-state index in [4.69, 9.17) is 0 Å². The third kappa shape index (κ3) is 2.84. The minimum Gasteiger partial charge on any atom is -0.606 e. The van der Waals surface area contributed by atoms with Crippen LogP contribution in [-0.4, -0.2) is 4.55 Å². The summed E-state index contributed by atoms with van der Waals surface area (Å²) in [5, 5.41) is 8.81. The van der Waals surface area contributed by atoms with Gasteiger partial charge in [-0.05, 0) is 70.8 Å². The molecule has 0 bridgehead atoms. The van der Waals surface area contributed by atoms with Crippen molar-refractivity contribution in [3.05, 3.63) is 108 Å². The van der Waals surface area contributed by atoms with Crippen molar-refractivity contribution in [2.45, 2.75) is 23.6 Å². The highest BCUT2D eigenvalue weighted by Gasteiger charge is 2.27. The fraction of sp³-hybridized carbons (Fsp3) is 0.0667. The molecule has 154 valence electrons. The van der Waals surface area contributed by atoms with Gasteiger partial charge in [-0.25, -0.2) is 0 Å². The fourth-order valence-electron chi connectivity index (χ4n) is 4.99. The highest BCUT2D eigenvalue weighted by atomic mass is 32.2. The van der Waals surface area contributed by atoms with Crippen LogP contribution in [0.2, 0.25) is 0 Å². The molecule has 6 rings (SSSR count). The molecule has 0 aliphatic rings. The second kappa shape index (κ2) is 7.37. The smallest absolute Gasteiger partial charge is 0.174 e. The lowest BCUT2D eigenvalue weighted by Gasteiger charge is -2.20. The van der Waals surface area contributed by atoms with E-state index < -0.39 is 11.2 Å². The second-order valence-electron chi connectivity index (χ2n) is 8.47. The summed E-state index contributed by atoms with van der Waals surface area (Å²) in [6.45, 7) is 4.23. The summed E-state index contributed by atoms with van der Waals surface area (Å²) in [6.07, 6.45) is 0. The van der Waals surface area contributed by atoms with Crippen LogP contribution in [0.4, 0.5) is 0 Å². The summed E-state index contributed by atoms with van der Waals surface area (Å²) >= 11 is -1.37. The van der Waals surface area contributed by atoms with E-state index in [1.165, 1.54) is 0 Å². The molecule has 0 amide bonds. The van der Waals surface area contributed by atoms with Crippen LogP contribution in [0.25, 0.3) is 43.1 Å². The number of benzene rings is 6. The van der Waals surface area contributed by atoms with Gasteiger partial charge >= 0.3 is 0 Å². The molecule has 0 unspecified atom stereocenters. The summed E-state index contributed by atoms with van der Waals surface area (Å²) in [5.41, 5.74) is 2.30. The van der Waals surface area contributed by atoms with Crippen molar-refractivity contribution >= 4 is 54.3 Å². The lowest BCUT2D eigenvalue weighted by Crippen LogP contribution is -2.07. The second-order valence-corrected chi connectivity index (χ2v) is 9.82. The van der Waals surface area contributed by atoms with Gasteiger partial charge in [0.25, 0.3) is 0 Å². The van der Waals surface area contributed by atoms with Crippen molar-refractivity contribution < 1.29 is 4.55 Å². The van der Waals surface area contributed by atoms with Gasteiger partial charge in [0, 0.05) is 32.7 Å². The van der Waals surface area contributed by atoms with E-state index in [2.05, 4.69) is 86.6 Å². The van der Waals surface area contributed by atoms with Gasteiger partial charge in [-0.1, -0.05) is 72.8 Å². The van der Waals surface area contributed by atoms with Crippen molar-refractivity contribution in [1.29, 1.82) is 0 Å². The van der Waals surface area contributed by atoms with E-state index in [0.717, 1.165) is 64.0 Å². The molecule has 1 nitrogen and oxygen atoms in total. The first-order valence-electron chi connectivity index (χ1n) is 10.9. The Labute approximate surface area is 190 Å². The van der Waals surface area contributed by atoms with Crippen LogP contribution in [0.15, 0.2) is 107 Å². The summed E-state index contributed by atoms with van der Waals surface area (Å²) in [4.78, 5) is 1.83. The molecule has 0 heterocycles. The van der Waals surface area contributed by atoms with Crippen LogP contribution < -0.4 is 0 Å². The van der Waals surface area contributed by atoms with Gasteiger partial charge in [-0.3, -0.25) is 0 Å². The van der Waals surface area contributed by atoms with Crippen molar-refractivity contribution in [3.8, 4) is 0 Å². The average Bonchev–Trinajstić information content (AvgIpc) is 2.81. The van der Waals surface area contributed by atoms with Crippen LogP contribution >= 0.6 is 0 Å². The van der Waals surface area contributed by atoms with Crippen molar-refractivity contribution in [2.75, 3.05) is 0 Å². The quantitative estimate of drug-likeness (QED) is 0.201. The Hall–Kier alpha value is -3.33. The Morgan fingerprint density at radius 2 is 0.906 bits per heavy atom. The topological polar surface area (TPSA) is 23.1 Å². The summed E-state index contributed by atoms with van der Waals surface area (Å²) in [6, 6.07) is 33.7. The number of hydrogen-bond donors (Lipinski definition) is 0. The van der Waals surface area contributed by atoms with Crippen molar-refractivity contribution in [1.82, 2.24) is 0 Å². The Morgan fingerprint density at radius 3 is 1.38 bits per heavy atom. The summed E-state index contributed by atoms with van der Waals surface area (Å²) < 4.78 is 14.7. The van der Waals surface area contributed by atoms with Gasteiger partial charge in [0.1, 0.15) is 0 Å². The first kappa shape index (κ1) is 19.4. The Balaban J connectivity index is 1.82. The fourth-order valence-corrected chi connectivity index (χ4v) is 6.90. The summed E-state index contributed by atoms with van der Waals surface area (Å²) in [5.74, 6) is 0. The Bertz CT molecular complexity index is 1540. The highest BCUT2D eigenvalue weighted by molar-refractivity contribution is 7.92. The highest BCUT2D eigenvalue weighted by Crippen LogP contribution is 2.42. The molecular weight excluding hydrogens is 408 g/mol. The molecule has 0 N–H and O–H groups in total. The molecule has 0 radical (unpaired) electrons. The zero-order valence-electron chi connectivity index (χ0n) is 18.1. The number of rotatable bonds is 2. The first-order valence-corrected chi connectivity index (χ1v) is 12.0. The van der Waals surface area contributed by atoms with Gasteiger partial charge < -0.3 is 4.55 Å². The van der Waals surface area contributed by atoms with Crippen LogP contribution in [0, 0.1) is 13.8 Å². The van der Waals surface area contributed by atoms with Crippen LogP contribution in [0.1, 0.15) is 11.1 Å². The SMILES string of the molecule is Cc1cccc2cc3ccccc3c([S+]([O-])c3c4ccccc4cc4cccc(C)c34)c12. The van der Waals surface area contributed by atoms with E-state index in [1.807, 2.05) is 24.3 Å². The molecule has 0 aliphatic carbocycles. The Morgan fingerprint density at radius 1 is 0.500 bits per heavy atom. The van der Waals surface area contributed by atoms with Gasteiger partial charge in [-0.2, -0.15) is 0 Å². The van der Waals surface area contributed by atoms with Crippen molar-refractivity contribution in [2.24, 2.45) is 0 Å². The molecule has 0 spiro atoms. The van der Waals surface area contributed by atoms with E-state index in [9.17, 15) is 4.55 Å². The molecule has 6 aromatic rings. The summed E-state index contributed by atoms with van der Waals surface area (Å²) in [7, 11) is 0. The van der Waals surface area contributed by atoms with E-state index in [1.54, 1.807) is 0 Å². The maximum Gasteiger partial charge on any atom is 0.174 e. The largest absolute Gasteiger partial charge is 0.606 e. The predicted octanol–water partition coefficient (Wildman–Crippen LogP) is 8.08. The van der Waals surface area contributed by atoms with Crippen LogP contribution in [0.5, 0.6) is 0 Å². The standard InChI is InChI=1S/C30H22OS/c1-19-9-7-13-23-17-21-11-3-5-15-25(21)29(27(19)23)32(31)30-26-16-6-4-12-22(26)18-24-14-8-10-20(2)28(24)30/h3-18H,1-2H3. The average molecular weight is 431 g/mol. The molecule has 0 aliphatic heterocycles. The van der Waals surface area contributed by atoms with Crippen LogP contribution in [0.3, 0.4) is 0 Å².